The zero-order valence-corrected chi connectivity index (χ0v) is 21.0. The molecule has 1 fully saturated rings. The van der Waals surface area contributed by atoms with Gasteiger partial charge in [0, 0.05) is 23.1 Å². The quantitative estimate of drug-likeness (QED) is 0.271. The van der Waals surface area contributed by atoms with E-state index in [1.807, 2.05) is 0 Å². The van der Waals surface area contributed by atoms with Gasteiger partial charge < -0.3 is 0 Å². The molecule has 0 heteroatoms. The molecule has 0 radical (unpaired) electrons. The summed E-state index contributed by atoms with van der Waals surface area (Å²) in [6.07, 6.45) is 17.6. The molecule has 0 aromatic heterocycles. The minimum atomic E-state index is 0.936. The lowest BCUT2D eigenvalue weighted by molar-refractivity contribution is 0.249. The molecular formula is C33H42. The summed E-state index contributed by atoms with van der Waals surface area (Å²) < 4.78 is 0. The fraction of sp³-hybridized carbons (Fsp3) is 0.515. The maximum absolute atomic E-state index is 3.31. The third-order valence-corrected chi connectivity index (χ3v) is 7.07. The Morgan fingerprint density at radius 2 is 1.15 bits per heavy atom. The third kappa shape index (κ3) is 9.52. The molecule has 0 heterocycles. The van der Waals surface area contributed by atoms with Crippen molar-refractivity contribution in [3.63, 3.8) is 0 Å². The van der Waals surface area contributed by atoms with Gasteiger partial charge in [0.2, 0.25) is 0 Å². The second-order valence-corrected chi connectivity index (χ2v) is 9.85. The van der Waals surface area contributed by atoms with Crippen molar-refractivity contribution in [3.05, 3.63) is 70.8 Å². The molecule has 2 aromatic carbocycles. The van der Waals surface area contributed by atoms with E-state index in [0.29, 0.717) is 0 Å². The molecule has 0 saturated heterocycles. The second kappa shape index (κ2) is 14.7. The zero-order chi connectivity index (χ0) is 23.1. The lowest BCUT2D eigenvalue weighted by atomic mass is 9.77. The highest BCUT2D eigenvalue weighted by atomic mass is 14.3. The van der Waals surface area contributed by atoms with E-state index in [2.05, 4.69) is 86.1 Å². The smallest absolute Gasteiger partial charge is 0.0249 e. The highest BCUT2D eigenvalue weighted by Gasteiger charge is 2.20. The van der Waals surface area contributed by atoms with E-state index < -0.39 is 0 Å². The first kappa shape index (κ1) is 25.2. The Hall–Kier alpha value is -2.44. The van der Waals surface area contributed by atoms with Crippen LogP contribution in [0, 0.1) is 35.5 Å². The van der Waals surface area contributed by atoms with E-state index in [0.717, 1.165) is 41.4 Å². The number of unbranched alkanes of at least 4 members (excludes halogenated alkanes) is 4. The van der Waals surface area contributed by atoms with Gasteiger partial charge in [-0.15, -0.1) is 0 Å². The molecular weight excluding hydrogens is 396 g/mol. The Kier molecular flexibility index (Phi) is 11.2. The number of hydrogen-bond acceptors (Lipinski definition) is 0. The Balaban J connectivity index is 1.39. The van der Waals surface area contributed by atoms with Gasteiger partial charge in [-0.3, -0.25) is 0 Å². The average Bonchev–Trinajstić information content (AvgIpc) is 2.86. The summed E-state index contributed by atoms with van der Waals surface area (Å²) in [5, 5.41) is 0. The van der Waals surface area contributed by atoms with Gasteiger partial charge in [-0.25, -0.2) is 0 Å². The van der Waals surface area contributed by atoms with Crippen LogP contribution in [-0.4, -0.2) is 0 Å². The van der Waals surface area contributed by atoms with Crippen molar-refractivity contribution in [2.45, 2.75) is 97.3 Å². The van der Waals surface area contributed by atoms with Gasteiger partial charge in [-0.2, -0.15) is 0 Å². The first-order valence-corrected chi connectivity index (χ1v) is 13.5. The van der Waals surface area contributed by atoms with Crippen LogP contribution in [0.1, 0.15) is 113 Å². The summed E-state index contributed by atoms with van der Waals surface area (Å²) in [6.45, 7) is 4.46. The molecule has 1 aliphatic rings. The lowest BCUT2D eigenvalue weighted by Gasteiger charge is -2.28. The number of hydrogen-bond donors (Lipinski definition) is 0. The average molecular weight is 439 g/mol. The van der Waals surface area contributed by atoms with Crippen molar-refractivity contribution >= 4 is 0 Å². The van der Waals surface area contributed by atoms with Crippen LogP contribution in [0.15, 0.2) is 48.5 Å². The maximum atomic E-state index is 3.31. The van der Waals surface area contributed by atoms with Crippen molar-refractivity contribution in [1.82, 2.24) is 0 Å². The van der Waals surface area contributed by atoms with Crippen molar-refractivity contribution in [2.75, 3.05) is 0 Å². The van der Waals surface area contributed by atoms with Gasteiger partial charge in [-0.05, 0) is 73.1 Å². The van der Waals surface area contributed by atoms with E-state index in [1.165, 1.54) is 76.2 Å². The van der Waals surface area contributed by atoms with E-state index in [4.69, 9.17) is 0 Å². The van der Waals surface area contributed by atoms with Crippen LogP contribution >= 0.6 is 0 Å². The minimum Gasteiger partial charge on any atom is -0.0979 e. The summed E-state index contributed by atoms with van der Waals surface area (Å²) in [6, 6.07) is 17.2. The molecule has 1 saturated carbocycles. The summed E-state index contributed by atoms with van der Waals surface area (Å²) in [5.74, 6) is 14.9. The van der Waals surface area contributed by atoms with E-state index >= 15 is 0 Å². The van der Waals surface area contributed by atoms with Gasteiger partial charge >= 0.3 is 0 Å². The first-order valence-electron chi connectivity index (χ1n) is 13.5. The summed E-state index contributed by atoms with van der Waals surface area (Å²) in [4.78, 5) is 0. The molecule has 0 bridgehead atoms. The zero-order valence-electron chi connectivity index (χ0n) is 21.0. The van der Waals surface area contributed by atoms with Gasteiger partial charge in [0.05, 0.1) is 0 Å². The molecule has 0 N–H and O–H groups in total. The molecule has 0 nitrogen and oxygen atoms in total. The molecule has 0 amide bonds. The van der Waals surface area contributed by atoms with Crippen LogP contribution in [-0.2, 0) is 6.42 Å². The molecule has 0 atom stereocenters. The largest absolute Gasteiger partial charge is 0.0979 e. The van der Waals surface area contributed by atoms with Crippen molar-refractivity contribution < 1.29 is 0 Å². The predicted octanol–water partition coefficient (Wildman–Crippen LogP) is 8.95. The number of aryl methyl sites for hydroxylation is 1. The third-order valence-electron chi connectivity index (χ3n) is 7.07. The van der Waals surface area contributed by atoms with E-state index in [-0.39, 0.29) is 0 Å². The van der Waals surface area contributed by atoms with Crippen molar-refractivity contribution in [1.29, 1.82) is 0 Å². The second-order valence-electron chi connectivity index (χ2n) is 9.85. The predicted molar refractivity (Wildman–Crippen MR) is 143 cm³/mol. The molecule has 1 aliphatic carbocycles. The van der Waals surface area contributed by atoms with Gasteiger partial charge in [-0.1, -0.05) is 107 Å². The fourth-order valence-electron chi connectivity index (χ4n) is 4.86. The number of benzene rings is 2. The topological polar surface area (TPSA) is 0 Å². The highest BCUT2D eigenvalue weighted by molar-refractivity contribution is 5.46. The van der Waals surface area contributed by atoms with Crippen LogP contribution < -0.4 is 0 Å². The van der Waals surface area contributed by atoms with E-state index in [1.54, 1.807) is 0 Å². The van der Waals surface area contributed by atoms with E-state index in [9.17, 15) is 0 Å². The fourth-order valence-corrected chi connectivity index (χ4v) is 4.86. The van der Waals surface area contributed by atoms with Gasteiger partial charge in [0.15, 0.2) is 0 Å². The lowest BCUT2D eigenvalue weighted by Crippen LogP contribution is -2.15. The molecule has 0 unspecified atom stereocenters. The monoisotopic (exact) mass is 438 g/mol. The molecule has 0 aliphatic heterocycles. The molecule has 174 valence electrons. The molecule has 33 heavy (non-hydrogen) atoms. The SMILES string of the molecule is CCCC#Cc1ccc(C#Cc2ccc(CCC3CCC(CCCCCC)CC3)cc2)cc1. The Bertz CT molecular complexity index is 916. The maximum Gasteiger partial charge on any atom is 0.0249 e. The number of rotatable bonds is 9. The Morgan fingerprint density at radius 3 is 1.73 bits per heavy atom. The summed E-state index contributed by atoms with van der Waals surface area (Å²) in [5.41, 5.74) is 4.66. The molecule has 2 aromatic rings. The highest BCUT2D eigenvalue weighted by Crippen LogP contribution is 2.34. The van der Waals surface area contributed by atoms with Crippen LogP contribution in [0.4, 0.5) is 0 Å². The minimum absolute atomic E-state index is 0.936. The van der Waals surface area contributed by atoms with Crippen LogP contribution in [0.3, 0.4) is 0 Å². The first-order chi connectivity index (χ1) is 16.3. The van der Waals surface area contributed by atoms with Gasteiger partial charge in [0.25, 0.3) is 0 Å². The summed E-state index contributed by atoms with van der Waals surface area (Å²) >= 11 is 0. The van der Waals surface area contributed by atoms with Crippen molar-refractivity contribution in [2.24, 2.45) is 11.8 Å². The standard InChI is InChI=1S/C33H42/c1-3-5-7-9-11-29-14-18-31(19-15-29)21-23-33-26-24-32(25-27-33)22-20-30-16-12-28(13-17-30)10-8-6-4-2/h12-13,16-17,24-27,29,31H,3-7,9,11,14-15,18-19,21,23H2,1-2H3. The molecule has 3 rings (SSSR count). The summed E-state index contributed by atoms with van der Waals surface area (Å²) in [7, 11) is 0. The Morgan fingerprint density at radius 1 is 0.606 bits per heavy atom. The van der Waals surface area contributed by atoms with Crippen LogP contribution in [0.5, 0.6) is 0 Å². The van der Waals surface area contributed by atoms with Crippen LogP contribution in [0.2, 0.25) is 0 Å². The normalized spacial score (nSPS) is 17.5. The Labute approximate surface area is 203 Å². The van der Waals surface area contributed by atoms with Crippen molar-refractivity contribution in [3.8, 4) is 23.7 Å². The molecule has 0 spiro atoms. The van der Waals surface area contributed by atoms with Crippen LogP contribution in [0.25, 0.3) is 0 Å². The van der Waals surface area contributed by atoms with Gasteiger partial charge in [0.1, 0.15) is 0 Å².